The fraction of sp³-hybridized carbons (Fsp3) is 0.364. The number of rotatable bonds is 27. The lowest BCUT2D eigenvalue weighted by Gasteiger charge is -2.22. The molecule has 2 amide bonds. The number of carbonyl (C=O) groups excluding carboxylic acids is 4. The average Bonchev–Trinajstić information content (AvgIpc) is 3.60. The van der Waals surface area contributed by atoms with Crippen molar-refractivity contribution >= 4 is 81.2 Å². The minimum absolute atomic E-state index is 0.0220. The first-order valence-electron chi connectivity index (χ1n) is 20.0. The van der Waals surface area contributed by atoms with Crippen LogP contribution in [0.5, 0.6) is 0 Å². The number of aliphatic hydroxyl groups is 4. The smallest absolute Gasteiger partial charge is 0.286 e. The number of hydrogen-bond donors (Lipinski definition) is 6. The summed E-state index contributed by atoms with van der Waals surface area (Å²) in [5.41, 5.74) is 5.44. The van der Waals surface area contributed by atoms with Crippen molar-refractivity contribution in [1.29, 1.82) is 0 Å². The maximum absolute atomic E-state index is 12.9. The third kappa shape index (κ3) is 16.1. The van der Waals surface area contributed by atoms with E-state index in [0.717, 1.165) is 55.2 Å². The van der Waals surface area contributed by atoms with Gasteiger partial charge in [-0.05, 0) is 41.0 Å². The number of amides is 2. The molecule has 0 saturated carbocycles. The summed E-state index contributed by atoms with van der Waals surface area (Å²) >= 11 is 0. The van der Waals surface area contributed by atoms with E-state index >= 15 is 0 Å². The van der Waals surface area contributed by atoms with Crippen LogP contribution in [0.2, 0.25) is 0 Å². The van der Waals surface area contributed by atoms with E-state index in [2.05, 4.69) is 10.6 Å². The Morgan fingerprint density at radius 1 is 0.645 bits per heavy atom. The maximum Gasteiger partial charge on any atom is 0.286 e. The number of aromatic nitrogens is 1. The fourth-order valence-corrected chi connectivity index (χ4v) is 8.59. The molecule has 18 heteroatoms. The van der Waals surface area contributed by atoms with Crippen LogP contribution >= 0.6 is 21.6 Å². The molecule has 1 aliphatic rings. The Labute approximate surface area is 369 Å². The summed E-state index contributed by atoms with van der Waals surface area (Å²) in [6.45, 7) is 3.20. The number of nitrogens with one attached hydrogen (secondary N) is 2. The minimum atomic E-state index is -1.50. The van der Waals surface area contributed by atoms with Gasteiger partial charge in [-0.15, -0.1) is 0 Å². The van der Waals surface area contributed by atoms with Crippen molar-refractivity contribution in [2.75, 3.05) is 80.5 Å². The molecule has 0 saturated heterocycles. The first kappa shape index (κ1) is 49.2. The minimum Gasteiger partial charge on any atom is -0.548 e. The van der Waals surface area contributed by atoms with Crippen molar-refractivity contribution in [3.05, 3.63) is 107 Å². The monoisotopic (exact) mass is 890 g/mol. The van der Waals surface area contributed by atoms with Gasteiger partial charge >= 0.3 is 0 Å². The summed E-state index contributed by atoms with van der Waals surface area (Å²) in [5, 5.41) is 65.8. The molecule has 3 unspecified atom stereocenters. The van der Waals surface area contributed by atoms with Crippen LogP contribution in [0.25, 0.3) is 18.2 Å². The lowest BCUT2D eigenvalue weighted by atomic mass is 10.1. The predicted octanol–water partition coefficient (Wildman–Crippen LogP) is -1.30. The van der Waals surface area contributed by atoms with Gasteiger partial charge in [0.05, 0.1) is 50.4 Å². The molecule has 2 heterocycles. The van der Waals surface area contributed by atoms with Crippen molar-refractivity contribution in [3.63, 3.8) is 0 Å². The zero-order chi connectivity index (χ0) is 44.9. The molecule has 0 spiro atoms. The SMILES string of the molecule is CC1C(/C=C/c2ccc(N(CCO)CCO)cc2)=CC=[N+]1CC(=O)NC(CSSCC(NC(=O)C[n+]1ccc(/C=C/c2ccc(N(CCO)CCO)cc2)cc1)C(=O)[O-])C(=O)[O-]. The number of benzene rings is 2. The number of aliphatic hydroxyl groups excluding tert-OH is 4. The second-order valence-corrected chi connectivity index (χ2v) is 16.7. The highest BCUT2D eigenvalue weighted by atomic mass is 33.1. The van der Waals surface area contributed by atoms with Crippen molar-refractivity contribution < 1.29 is 59.0 Å². The van der Waals surface area contributed by atoms with Gasteiger partial charge in [-0.1, -0.05) is 70.2 Å². The summed E-state index contributed by atoms with van der Waals surface area (Å²) < 4.78 is 3.36. The first-order valence-corrected chi connectivity index (χ1v) is 22.5. The molecule has 1 aliphatic heterocycles. The Morgan fingerprint density at radius 3 is 1.47 bits per heavy atom. The van der Waals surface area contributed by atoms with Gasteiger partial charge in [0, 0.05) is 79.8 Å². The third-order valence-electron chi connectivity index (χ3n) is 9.73. The highest BCUT2D eigenvalue weighted by molar-refractivity contribution is 8.76. The van der Waals surface area contributed by atoms with Gasteiger partial charge in [0.1, 0.15) is 0 Å². The summed E-state index contributed by atoms with van der Waals surface area (Å²) in [6.07, 6.45) is 14.7. The van der Waals surface area contributed by atoms with Crippen LogP contribution in [0.1, 0.15) is 23.6 Å². The normalized spacial score (nSPS) is 14.6. The Hall–Kier alpha value is -5.50. The lowest BCUT2D eigenvalue weighted by Crippen LogP contribution is -2.53. The Balaban J connectivity index is 1.18. The first-order chi connectivity index (χ1) is 29.9. The largest absolute Gasteiger partial charge is 0.548 e. The zero-order valence-electron chi connectivity index (χ0n) is 34.5. The van der Waals surface area contributed by atoms with Crippen molar-refractivity contribution in [3.8, 4) is 0 Å². The number of nitrogens with zero attached hydrogens (tertiary/aromatic N) is 4. The number of anilines is 2. The molecule has 3 aromatic rings. The second-order valence-electron chi connectivity index (χ2n) is 14.1. The van der Waals surface area contributed by atoms with Gasteiger partial charge in [-0.3, -0.25) is 9.59 Å². The van der Waals surface area contributed by atoms with Crippen LogP contribution in [0, 0.1) is 0 Å². The van der Waals surface area contributed by atoms with E-state index in [1.807, 2.05) is 95.6 Å². The Morgan fingerprint density at radius 2 is 1.05 bits per heavy atom. The van der Waals surface area contributed by atoms with E-state index in [0.29, 0.717) is 26.2 Å². The second kappa shape index (κ2) is 26.1. The van der Waals surface area contributed by atoms with Gasteiger partial charge < -0.3 is 60.7 Å². The standard InChI is InChI=1S/C44H54N6O10S2/c1-32-36(9-4-34-7-12-38(13-8-34)49(22-26-53)23-27-54)16-19-50(32)29-42(56)46-40(44(59)60)31-62-61-30-39(43(57)58)45-41(55)28-47-17-14-35(15-18-47)3-2-33-5-10-37(11-6-33)48(20-24-51)21-25-52/h2-19,32,39-40,51-54H,20-31H2,1H3,(H2-2,45,46,55,56,57,58,59,60). The van der Waals surface area contributed by atoms with Gasteiger partial charge in [-0.2, -0.15) is 4.57 Å². The molecule has 3 atom stereocenters. The number of pyridine rings is 1. The van der Waals surface area contributed by atoms with Gasteiger partial charge in [0.25, 0.3) is 11.8 Å². The number of carbonyl (C=O) groups is 4. The van der Waals surface area contributed by atoms with Crippen LogP contribution in [-0.4, -0.2) is 144 Å². The molecule has 0 aliphatic carbocycles. The number of aliphatic carboxylic acids is 2. The van der Waals surface area contributed by atoms with E-state index in [-0.39, 0.29) is 57.1 Å². The van der Waals surface area contributed by atoms with E-state index in [4.69, 9.17) is 0 Å². The van der Waals surface area contributed by atoms with Crippen molar-refractivity contribution in [1.82, 2.24) is 10.6 Å². The number of allylic oxidation sites excluding steroid dienone is 1. The van der Waals surface area contributed by atoms with Crippen LogP contribution in [0.3, 0.4) is 0 Å². The molecule has 16 nitrogen and oxygen atoms in total. The zero-order valence-corrected chi connectivity index (χ0v) is 36.1. The molecule has 0 fully saturated rings. The molecule has 6 N–H and O–H groups in total. The molecule has 0 radical (unpaired) electrons. The van der Waals surface area contributed by atoms with Crippen LogP contribution < -0.4 is 35.2 Å². The van der Waals surface area contributed by atoms with Crippen molar-refractivity contribution in [2.24, 2.45) is 0 Å². The van der Waals surface area contributed by atoms with Crippen molar-refractivity contribution in [2.45, 2.75) is 31.6 Å². The summed E-state index contributed by atoms with van der Waals surface area (Å²) in [7, 11) is 2.03. The van der Waals surface area contributed by atoms with Crippen LogP contribution in [-0.2, 0) is 25.7 Å². The molecule has 62 heavy (non-hydrogen) atoms. The van der Waals surface area contributed by atoms with E-state index in [1.54, 1.807) is 39.9 Å². The van der Waals surface area contributed by atoms with Gasteiger partial charge in [0.2, 0.25) is 13.1 Å². The molecular weight excluding hydrogens is 837 g/mol. The average molecular weight is 891 g/mol. The van der Waals surface area contributed by atoms with E-state index < -0.39 is 35.8 Å². The fourth-order valence-electron chi connectivity index (χ4n) is 6.29. The summed E-state index contributed by atoms with van der Waals surface area (Å²) in [4.78, 5) is 53.1. The number of hydrogen-bond acceptors (Lipinski definition) is 14. The Kier molecular flexibility index (Phi) is 20.7. The van der Waals surface area contributed by atoms with Gasteiger partial charge in [0.15, 0.2) is 24.7 Å². The number of carboxylic acid groups (broad SMARTS) is 2. The highest BCUT2D eigenvalue weighted by Gasteiger charge is 2.27. The molecule has 4 rings (SSSR count). The molecular formula is C44H54N6O10S2. The highest BCUT2D eigenvalue weighted by Crippen LogP contribution is 2.23. The molecule has 0 bridgehead atoms. The molecule has 332 valence electrons. The van der Waals surface area contributed by atoms with Gasteiger partial charge in [-0.25, -0.2) is 4.58 Å². The van der Waals surface area contributed by atoms with Crippen LogP contribution in [0.4, 0.5) is 11.4 Å². The maximum atomic E-state index is 12.9. The third-order valence-corrected chi connectivity index (χ3v) is 12.2. The Bertz CT molecular complexity index is 2030. The molecule has 1 aromatic heterocycles. The number of carboxylic acids is 2. The predicted molar refractivity (Wildman–Crippen MR) is 238 cm³/mol. The van der Waals surface area contributed by atoms with E-state index in [1.165, 1.54) is 0 Å². The summed E-state index contributed by atoms with van der Waals surface area (Å²) in [5.74, 6) is -4.34. The van der Waals surface area contributed by atoms with E-state index in [9.17, 15) is 49.8 Å². The summed E-state index contributed by atoms with van der Waals surface area (Å²) in [6, 6.07) is 16.1. The van der Waals surface area contributed by atoms with Crippen LogP contribution in [0.15, 0.2) is 90.8 Å². The topological polar surface area (TPSA) is 233 Å². The quantitative estimate of drug-likeness (QED) is 0.0297. The molecule has 2 aromatic carbocycles. The lowest BCUT2D eigenvalue weighted by molar-refractivity contribution is -0.684.